The standard InChI is InChI=1S/C13H13F4NO2/c1-3-6-20-8(2)12(19)18-11-7-9(13(15,16)17)4-5-10(11)14/h3-5,7-8H,1,6H2,2H3,(H,18,19). The molecule has 7 heteroatoms. The van der Waals surface area contributed by atoms with Gasteiger partial charge in [0, 0.05) is 0 Å². The normalized spacial score (nSPS) is 12.8. The molecule has 0 heterocycles. The first kappa shape index (κ1) is 16.2. The highest BCUT2D eigenvalue weighted by Crippen LogP contribution is 2.31. The molecule has 0 bridgehead atoms. The van der Waals surface area contributed by atoms with Gasteiger partial charge >= 0.3 is 6.18 Å². The molecule has 20 heavy (non-hydrogen) atoms. The van der Waals surface area contributed by atoms with Crippen molar-refractivity contribution in [2.24, 2.45) is 0 Å². The molecule has 1 N–H and O–H groups in total. The first-order chi connectivity index (χ1) is 9.25. The van der Waals surface area contributed by atoms with Crippen molar-refractivity contribution in [3.8, 4) is 0 Å². The SMILES string of the molecule is C=CCOC(C)C(=O)Nc1cc(C(F)(F)F)ccc1F. The lowest BCUT2D eigenvalue weighted by molar-refractivity contribution is -0.137. The van der Waals surface area contributed by atoms with Crippen molar-refractivity contribution < 1.29 is 27.1 Å². The highest BCUT2D eigenvalue weighted by molar-refractivity contribution is 5.94. The van der Waals surface area contributed by atoms with Gasteiger partial charge in [0.25, 0.3) is 5.91 Å². The van der Waals surface area contributed by atoms with Gasteiger partial charge in [-0.15, -0.1) is 6.58 Å². The highest BCUT2D eigenvalue weighted by atomic mass is 19.4. The van der Waals surface area contributed by atoms with Crippen LogP contribution in [-0.2, 0) is 15.7 Å². The van der Waals surface area contributed by atoms with Gasteiger partial charge in [0.15, 0.2) is 0 Å². The molecule has 1 rings (SSSR count). The number of benzene rings is 1. The van der Waals surface area contributed by atoms with Crippen molar-refractivity contribution in [2.75, 3.05) is 11.9 Å². The summed E-state index contributed by atoms with van der Waals surface area (Å²) in [5, 5.41) is 2.06. The van der Waals surface area contributed by atoms with E-state index in [1.165, 1.54) is 13.0 Å². The summed E-state index contributed by atoms with van der Waals surface area (Å²) in [7, 11) is 0. The third-order valence-corrected chi connectivity index (χ3v) is 2.38. The molecule has 0 saturated carbocycles. The minimum Gasteiger partial charge on any atom is -0.365 e. The van der Waals surface area contributed by atoms with E-state index in [9.17, 15) is 22.4 Å². The molecule has 110 valence electrons. The average molecular weight is 291 g/mol. The Morgan fingerprint density at radius 2 is 2.15 bits per heavy atom. The number of halogens is 4. The fourth-order valence-corrected chi connectivity index (χ4v) is 1.32. The second kappa shape index (κ2) is 6.51. The summed E-state index contributed by atoms with van der Waals surface area (Å²) in [6.45, 7) is 4.88. The lowest BCUT2D eigenvalue weighted by Crippen LogP contribution is -2.28. The van der Waals surface area contributed by atoms with Crippen LogP contribution in [-0.4, -0.2) is 18.6 Å². The summed E-state index contributed by atoms with van der Waals surface area (Å²) in [5.74, 6) is -1.70. The van der Waals surface area contributed by atoms with Crippen molar-refractivity contribution in [1.82, 2.24) is 0 Å². The molecular weight excluding hydrogens is 278 g/mol. The Labute approximate surface area is 113 Å². The van der Waals surface area contributed by atoms with E-state index in [2.05, 4.69) is 11.9 Å². The van der Waals surface area contributed by atoms with E-state index < -0.39 is 35.3 Å². The van der Waals surface area contributed by atoms with Gasteiger partial charge < -0.3 is 10.1 Å². The van der Waals surface area contributed by atoms with Gasteiger partial charge in [0.1, 0.15) is 11.9 Å². The molecule has 0 fully saturated rings. The van der Waals surface area contributed by atoms with Crippen molar-refractivity contribution in [2.45, 2.75) is 19.2 Å². The number of anilines is 1. The topological polar surface area (TPSA) is 38.3 Å². The molecule has 0 aromatic heterocycles. The smallest absolute Gasteiger partial charge is 0.365 e. The Bertz CT molecular complexity index is 500. The summed E-state index contributed by atoms with van der Waals surface area (Å²) in [6, 6.07) is 1.78. The highest BCUT2D eigenvalue weighted by Gasteiger charge is 2.31. The van der Waals surface area contributed by atoms with Crippen molar-refractivity contribution in [3.05, 3.63) is 42.2 Å². The third-order valence-electron chi connectivity index (χ3n) is 2.38. The second-order valence-corrected chi connectivity index (χ2v) is 3.95. The zero-order chi connectivity index (χ0) is 15.3. The van der Waals surface area contributed by atoms with Crippen LogP contribution in [0.5, 0.6) is 0 Å². The van der Waals surface area contributed by atoms with Crippen LogP contribution < -0.4 is 5.32 Å². The van der Waals surface area contributed by atoms with E-state index in [1.54, 1.807) is 0 Å². The maximum absolute atomic E-state index is 13.4. The van der Waals surface area contributed by atoms with Crippen LogP contribution in [0, 0.1) is 5.82 Å². The van der Waals surface area contributed by atoms with Crippen molar-refractivity contribution in [1.29, 1.82) is 0 Å². The first-order valence-corrected chi connectivity index (χ1v) is 5.65. The minimum absolute atomic E-state index is 0.0969. The molecule has 0 aliphatic heterocycles. The fourth-order valence-electron chi connectivity index (χ4n) is 1.32. The predicted octanol–water partition coefficient (Wildman–Crippen LogP) is 3.37. The molecule has 3 nitrogen and oxygen atoms in total. The van der Waals surface area contributed by atoms with Crippen LogP contribution in [0.4, 0.5) is 23.2 Å². The molecule has 1 unspecified atom stereocenters. The van der Waals surface area contributed by atoms with E-state index in [4.69, 9.17) is 4.74 Å². The summed E-state index contributed by atoms with van der Waals surface area (Å²) in [5.41, 5.74) is -1.59. The number of ether oxygens (including phenoxy) is 1. The van der Waals surface area contributed by atoms with Crippen LogP contribution >= 0.6 is 0 Å². The largest absolute Gasteiger partial charge is 0.416 e. The molecule has 0 aliphatic carbocycles. The predicted molar refractivity (Wildman–Crippen MR) is 65.6 cm³/mol. The van der Waals surface area contributed by atoms with E-state index in [-0.39, 0.29) is 6.61 Å². The molecule has 0 radical (unpaired) electrons. The number of rotatable bonds is 5. The van der Waals surface area contributed by atoms with Gasteiger partial charge in [-0.1, -0.05) is 6.08 Å². The van der Waals surface area contributed by atoms with Gasteiger partial charge in [-0.05, 0) is 25.1 Å². The third kappa shape index (κ3) is 4.34. The van der Waals surface area contributed by atoms with Crippen molar-refractivity contribution in [3.63, 3.8) is 0 Å². The van der Waals surface area contributed by atoms with Crippen molar-refractivity contribution >= 4 is 11.6 Å². The maximum atomic E-state index is 13.4. The molecule has 1 aromatic rings. The number of carbonyl (C=O) groups excluding carboxylic acids is 1. The Morgan fingerprint density at radius 1 is 1.50 bits per heavy atom. The molecule has 0 aliphatic rings. The summed E-state index contributed by atoms with van der Waals surface area (Å²) >= 11 is 0. The van der Waals surface area contributed by atoms with Gasteiger partial charge in [0.05, 0.1) is 17.9 Å². The minimum atomic E-state index is -4.61. The Morgan fingerprint density at radius 3 is 2.70 bits per heavy atom. The Hall–Kier alpha value is -1.89. The summed E-state index contributed by atoms with van der Waals surface area (Å²) in [4.78, 5) is 11.6. The van der Waals surface area contributed by atoms with E-state index in [1.807, 2.05) is 0 Å². The Kier molecular flexibility index (Phi) is 5.26. The monoisotopic (exact) mass is 291 g/mol. The number of alkyl halides is 3. The zero-order valence-corrected chi connectivity index (χ0v) is 10.6. The number of nitrogens with one attached hydrogen (secondary N) is 1. The van der Waals surface area contributed by atoms with Crippen LogP contribution in [0.15, 0.2) is 30.9 Å². The van der Waals surface area contributed by atoms with Crippen LogP contribution in [0.1, 0.15) is 12.5 Å². The van der Waals surface area contributed by atoms with Crippen LogP contribution in [0.3, 0.4) is 0 Å². The number of carbonyl (C=O) groups is 1. The summed E-state index contributed by atoms with van der Waals surface area (Å²) < 4.78 is 55.9. The lowest BCUT2D eigenvalue weighted by Gasteiger charge is -2.14. The zero-order valence-electron chi connectivity index (χ0n) is 10.6. The van der Waals surface area contributed by atoms with E-state index in [0.29, 0.717) is 18.2 Å². The summed E-state index contributed by atoms with van der Waals surface area (Å²) in [6.07, 6.45) is -4.14. The van der Waals surface area contributed by atoms with E-state index >= 15 is 0 Å². The quantitative estimate of drug-likeness (QED) is 0.667. The number of hydrogen-bond acceptors (Lipinski definition) is 2. The van der Waals surface area contributed by atoms with Gasteiger partial charge in [0.2, 0.25) is 0 Å². The second-order valence-electron chi connectivity index (χ2n) is 3.95. The first-order valence-electron chi connectivity index (χ1n) is 5.65. The molecule has 0 saturated heterocycles. The van der Waals surface area contributed by atoms with Gasteiger partial charge in [-0.25, -0.2) is 4.39 Å². The van der Waals surface area contributed by atoms with E-state index in [0.717, 1.165) is 0 Å². The molecule has 1 amide bonds. The number of amides is 1. The lowest BCUT2D eigenvalue weighted by atomic mass is 10.2. The van der Waals surface area contributed by atoms with Crippen LogP contribution in [0.25, 0.3) is 0 Å². The molecule has 1 aromatic carbocycles. The molecule has 0 spiro atoms. The Balaban J connectivity index is 2.86. The molecular formula is C13H13F4NO2. The molecule has 1 atom stereocenters. The van der Waals surface area contributed by atoms with Gasteiger partial charge in [-0.2, -0.15) is 13.2 Å². The number of hydrogen-bond donors (Lipinski definition) is 1. The fraction of sp³-hybridized carbons (Fsp3) is 0.308. The average Bonchev–Trinajstić information content (AvgIpc) is 2.37. The van der Waals surface area contributed by atoms with Gasteiger partial charge in [-0.3, -0.25) is 4.79 Å². The maximum Gasteiger partial charge on any atom is 0.416 e. The van der Waals surface area contributed by atoms with Crippen LogP contribution in [0.2, 0.25) is 0 Å².